The monoisotopic (exact) mass is 432 g/mol. The number of benzene rings is 2. The topological polar surface area (TPSA) is 68.9 Å². The Morgan fingerprint density at radius 1 is 1.09 bits per heavy atom. The molecule has 0 unspecified atom stereocenters. The molecule has 0 bridgehead atoms. The van der Waals surface area contributed by atoms with Crippen molar-refractivity contribution < 1.29 is 14.3 Å². The highest BCUT2D eigenvalue weighted by Crippen LogP contribution is 2.42. The fourth-order valence-electron chi connectivity index (χ4n) is 4.97. The van der Waals surface area contributed by atoms with E-state index >= 15 is 0 Å². The Hall–Kier alpha value is -3.32. The molecule has 2 aliphatic rings. The minimum Gasteiger partial charge on any atom is -0.497 e. The number of aromatic amines is 1. The van der Waals surface area contributed by atoms with Crippen LogP contribution in [0, 0.1) is 0 Å². The first-order valence-corrected chi connectivity index (χ1v) is 11.0. The Morgan fingerprint density at radius 3 is 2.56 bits per heavy atom. The second-order valence-corrected chi connectivity index (χ2v) is 8.82. The summed E-state index contributed by atoms with van der Waals surface area (Å²) < 4.78 is 5.33. The molecule has 1 aromatic heterocycles. The van der Waals surface area contributed by atoms with E-state index in [4.69, 9.17) is 4.74 Å². The predicted octanol–water partition coefficient (Wildman–Crippen LogP) is 2.42. The summed E-state index contributed by atoms with van der Waals surface area (Å²) in [4.78, 5) is 36.1. The largest absolute Gasteiger partial charge is 0.497 e. The van der Waals surface area contributed by atoms with Crippen LogP contribution in [0.4, 0.5) is 0 Å². The molecule has 3 heterocycles. The Balaban J connectivity index is 1.62. The van der Waals surface area contributed by atoms with E-state index in [0.717, 1.165) is 40.0 Å². The smallest absolute Gasteiger partial charge is 0.246 e. The van der Waals surface area contributed by atoms with Crippen LogP contribution in [-0.4, -0.2) is 78.4 Å². The number of ether oxygens (including phenoxy) is 1. The van der Waals surface area contributed by atoms with Crippen molar-refractivity contribution in [1.29, 1.82) is 0 Å². The van der Waals surface area contributed by atoms with Crippen molar-refractivity contribution >= 4 is 22.7 Å². The number of rotatable bonds is 5. The number of nitrogens with zero attached hydrogens (tertiary/aromatic N) is 3. The second kappa shape index (κ2) is 7.98. The highest BCUT2D eigenvalue weighted by Gasteiger charge is 2.48. The van der Waals surface area contributed by atoms with Crippen LogP contribution in [-0.2, 0) is 16.0 Å². The molecule has 2 atom stereocenters. The van der Waals surface area contributed by atoms with Gasteiger partial charge in [0.25, 0.3) is 0 Å². The van der Waals surface area contributed by atoms with Gasteiger partial charge in [-0.25, -0.2) is 0 Å². The average molecular weight is 433 g/mol. The quantitative estimate of drug-likeness (QED) is 0.672. The number of hydrogen-bond donors (Lipinski definition) is 1. The number of fused-ring (bicyclic) bond motifs is 4. The maximum Gasteiger partial charge on any atom is 0.246 e. The van der Waals surface area contributed by atoms with Crippen LogP contribution in [0.1, 0.15) is 22.9 Å². The van der Waals surface area contributed by atoms with Crippen molar-refractivity contribution in [2.45, 2.75) is 18.5 Å². The number of carbonyl (C=O) groups excluding carboxylic acids is 2. The van der Waals surface area contributed by atoms with Gasteiger partial charge >= 0.3 is 0 Å². The molecule has 7 heteroatoms. The standard InChI is InChI=1S/C25H28N4O3/c1-27(2)12-13-28-15-22(30)29-21(25(28)31)14-19-18-6-4-5-7-20(18)26-23(19)24(29)16-8-10-17(32-3)11-9-16/h4-11,21,24,26H,12-15H2,1-3H3/t21-,24-/m1/s1. The molecule has 32 heavy (non-hydrogen) atoms. The molecule has 3 aromatic rings. The second-order valence-electron chi connectivity index (χ2n) is 8.82. The van der Waals surface area contributed by atoms with Crippen LogP contribution in [0.15, 0.2) is 48.5 Å². The zero-order valence-corrected chi connectivity index (χ0v) is 18.7. The summed E-state index contributed by atoms with van der Waals surface area (Å²) in [6, 6.07) is 15.1. The van der Waals surface area contributed by atoms with Gasteiger partial charge in [0.05, 0.1) is 19.7 Å². The van der Waals surface area contributed by atoms with Gasteiger partial charge in [0.15, 0.2) is 0 Å². The van der Waals surface area contributed by atoms with Crippen molar-refractivity contribution in [2.75, 3.05) is 40.8 Å². The number of amides is 2. The number of aromatic nitrogens is 1. The lowest BCUT2D eigenvalue weighted by Gasteiger charge is -2.47. The third-order valence-electron chi connectivity index (χ3n) is 6.59. The van der Waals surface area contributed by atoms with Gasteiger partial charge in [0.1, 0.15) is 11.8 Å². The van der Waals surface area contributed by atoms with Crippen molar-refractivity contribution in [3.8, 4) is 5.75 Å². The highest BCUT2D eigenvalue weighted by atomic mass is 16.5. The molecule has 1 fully saturated rings. The van der Waals surface area contributed by atoms with Crippen LogP contribution in [0.5, 0.6) is 5.75 Å². The summed E-state index contributed by atoms with van der Waals surface area (Å²) in [5.74, 6) is 0.772. The molecule has 2 aliphatic heterocycles. The lowest BCUT2D eigenvalue weighted by molar-refractivity contribution is -0.158. The number of methoxy groups -OCH3 is 1. The minimum atomic E-state index is -0.503. The SMILES string of the molecule is COc1ccc([C@@H]2c3[nH]c4ccccc4c3C[C@@H]3C(=O)N(CCN(C)C)CC(=O)N23)cc1. The van der Waals surface area contributed by atoms with E-state index in [0.29, 0.717) is 13.0 Å². The van der Waals surface area contributed by atoms with Crippen LogP contribution in [0.3, 0.4) is 0 Å². The van der Waals surface area contributed by atoms with Crippen LogP contribution in [0.25, 0.3) is 10.9 Å². The number of H-pyrrole nitrogens is 1. The summed E-state index contributed by atoms with van der Waals surface area (Å²) in [6.45, 7) is 1.40. The van der Waals surface area contributed by atoms with Crippen LogP contribution < -0.4 is 4.74 Å². The van der Waals surface area contributed by atoms with E-state index in [1.807, 2.05) is 61.5 Å². The van der Waals surface area contributed by atoms with Crippen molar-refractivity contribution in [3.05, 3.63) is 65.4 Å². The van der Waals surface area contributed by atoms with Crippen molar-refractivity contribution in [3.63, 3.8) is 0 Å². The number of carbonyl (C=O) groups is 2. The molecule has 1 N–H and O–H groups in total. The number of nitrogens with one attached hydrogen (secondary N) is 1. The van der Waals surface area contributed by atoms with Gasteiger partial charge in [-0.15, -0.1) is 0 Å². The number of para-hydroxylation sites is 1. The summed E-state index contributed by atoms with van der Waals surface area (Å²) >= 11 is 0. The van der Waals surface area contributed by atoms with E-state index < -0.39 is 6.04 Å². The first-order valence-electron chi connectivity index (χ1n) is 11.0. The maximum absolute atomic E-state index is 13.5. The molecule has 1 saturated heterocycles. The van der Waals surface area contributed by atoms with Crippen molar-refractivity contribution in [2.24, 2.45) is 0 Å². The van der Waals surface area contributed by atoms with Gasteiger partial charge in [-0.2, -0.15) is 0 Å². The minimum absolute atomic E-state index is 0.0153. The van der Waals surface area contributed by atoms with Gasteiger partial charge in [-0.3, -0.25) is 9.59 Å². The molecular formula is C25H28N4O3. The normalized spacial score (nSPS) is 20.6. The third-order valence-corrected chi connectivity index (χ3v) is 6.59. The molecule has 0 aliphatic carbocycles. The van der Waals surface area contributed by atoms with Gasteiger partial charge in [0.2, 0.25) is 11.8 Å². The molecule has 2 aromatic carbocycles. The van der Waals surface area contributed by atoms with E-state index in [9.17, 15) is 9.59 Å². The fourth-order valence-corrected chi connectivity index (χ4v) is 4.97. The average Bonchev–Trinajstić information content (AvgIpc) is 3.17. The number of piperazine rings is 1. The first-order chi connectivity index (χ1) is 15.5. The zero-order chi connectivity index (χ0) is 22.4. The lowest BCUT2D eigenvalue weighted by atomic mass is 9.86. The van der Waals surface area contributed by atoms with Gasteiger partial charge < -0.3 is 24.4 Å². The fraction of sp³-hybridized carbons (Fsp3) is 0.360. The molecule has 2 amide bonds. The molecule has 5 rings (SSSR count). The first kappa shape index (κ1) is 20.6. The molecule has 0 radical (unpaired) electrons. The van der Waals surface area contributed by atoms with E-state index in [1.54, 1.807) is 16.9 Å². The van der Waals surface area contributed by atoms with E-state index in [-0.39, 0.29) is 24.4 Å². The summed E-state index contributed by atoms with van der Waals surface area (Å²) in [5, 5.41) is 1.12. The van der Waals surface area contributed by atoms with E-state index in [2.05, 4.69) is 11.1 Å². The molecule has 166 valence electrons. The van der Waals surface area contributed by atoms with E-state index in [1.165, 1.54) is 0 Å². The number of hydrogen-bond acceptors (Lipinski definition) is 4. The van der Waals surface area contributed by atoms with Crippen LogP contribution in [0.2, 0.25) is 0 Å². The number of likely N-dealkylation sites (N-methyl/N-ethyl adjacent to an activating group) is 1. The lowest BCUT2D eigenvalue weighted by Crippen LogP contribution is -2.63. The highest BCUT2D eigenvalue weighted by molar-refractivity contribution is 5.97. The Labute approximate surface area is 187 Å². The zero-order valence-electron chi connectivity index (χ0n) is 18.7. The van der Waals surface area contributed by atoms with Crippen LogP contribution >= 0.6 is 0 Å². The van der Waals surface area contributed by atoms with Crippen molar-refractivity contribution in [1.82, 2.24) is 19.7 Å². The maximum atomic E-state index is 13.5. The Morgan fingerprint density at radius 2 is 1.84 bits per heavy atom. The third kappa shape index (κ3) is 3.33. The Bertz CT molecular complexity index is 1170. The summed E-state index contributed by atoms with van der Waals surface area (Å²) in [5.41, 5.74) is 4.11. The summed E-state index contributed by atoms with van der Waals surface area (Å²) in [6.07, 6.45) is 0.523. The van der Waals surface area contributed by atoms with Gasteiger partial charge in [0, 0.05) is 36.1 Å². The molecule has 0 spiro atoms. The Kier molecular flexibility index (Phi) is 5.13. The predicted molar refractivity (Wildman–Crippen MR) is 123 cm³/mol. The van der Waals surface area contributed by atoms with Gasteiger partial charge in [-0.1, -0.05) is 30.3 Å². The molecule has 7 nitrogen and oxygen atoms in total. The molecule has 0 saturated carbocycles. The summed E-state index contributed by atoms with van der Waals surface area (Å²) in [7, 11) is 5.58. The van der Waals surface area contributed by atoms with Gasteiger partial charge in [-0.05, 0) is 43.4 Å². The molecular weight excluding hydrogens is 404 g/mol.